The summed E-state index contributed by atoms with van der Waals surface area (Å²) in [4.78, 5) is 41.8. The number of thioether (sulfide) groups is 1. The van der Waals surface area contributed by atoms with Crippen LogP contribution in [0.1, 0.15) is 15.9 Å². The number of nitrogens with one attached hydrogen (secondary N) is 1. The number of fused-ring (bicyclic) bond motifs is 1. The van der Waals surface area contributed by atoms with Gasteiger partial charge < -0.3 is 11.1 Å². The van der Waals surface area contributed by atoms with Gasteiger partial charge >= 0.3 is 0 Å². The molecule has 0 bridgehead atoms. The third-order valence-electron chi connectivity index (χ3n) is 4.52. The first-order chi connectivity index (χ1) is 15.5. The van der Waals surface area contributed by atoms with Crippen LogP contribution in [0, 0.1) is 11.3 Å². The molecule has 0 radical (unpaired) electrons. The fourth-order valence-corrected chi connectivity index (χ4v) is 4.64. The lowest BCUT2D eigenvalue weighted by molar-refractivity contribution is -0.113. The third kappa shape index (κ3) is 4.25. The minimum absolute atomic E-state index is 0.0445. The quantitative estimate of drug-likeness (QED) is 0.335. The Labute approximate surface area is 190 Å². The van der Waals surface area contributed by atoms with Crippen LogP contribution in [0.4, 0.5) is 5.00 Å². The first-order valence-corrected chi connectivity index (χ1v) is 11.2. The average Bonchev–Trinajstić information content (AvgIpc) is 3.26. The largest absolute Gasteiger partial charge is 0.366 e. The van der Waals surface area contributed by atoms with Gasteiger partial charge in [-0.3, -0.25) is 19.0 Å². The summed E-state index contributed by atoms with van der Waals surface area (Å²) in [7, 11) is 0. The molecule has 2 aromatic heterocycles. The molecule has 0 fully saturated rings. The van der Waals surface area contributed by atoms with E-state index in [0.29, 0.717) is 32.3 Å². The van der Waals surface area contributed by atoms with Gasteiger partial charge in [0.15, 0.2) is 5.16 Å². The van der Waals surface area contributed by atoms with Crippen LogP contribution < -0.4 is 16.6 Å². The number of para-hydroxylation sites is 1. The smallest absolute Gasteiger partial charge is 0.266 e. The number of rotatable bonds is 6. The summed E-state index contributed by atoms with van der Waals surface area (Å²) >= 11 is 2.28. The normalized spacial score (nSPS) is 10.6. The zero-order valence-corrected chi connectivity index (χ0v) is 18.1. The first kappa shape index (κ1) is 21.3. The Morgan fingerprint density at radius 2 is 1.91 bits per heavy atom. The van der Waals surface area contributed by atoms with Crippen LogP contribution >= 0.6 is 23.1 Å². The fourth-order valence-electron chi connectivity index (χ4n) is 3.01. The molecular weight excluding hydrogens is 446 g/mol. The molecule has 0 unspecified atom stereocenters. The highest BCUT2D eigenvalue weighted by Crippen LogP contribution is 2.25. The molecule has 0 aliphatic rings. The van der Waals surface area contributed by atoms with Gasteiger partial charge in [-0.05, 0) is 47.8 Å². The number of carbonyl (C=O) groups excluding carboxylic acids is 2. The summed E-state index contributed by atoms with van der Waals surface area (Å²) < 4.78 is 1.42. The average molecular weight is 462 g/mol. The second kappa shape index (κ2) is 9.05. The van der Waals surface area contributed by atoms with E-state index < -0.39 is 5.91 Å². The summed E-state index contributed by atoms with van der Waals surface area (Å²) in [5.41, 5.74) is 6.79. The van der Waals surface area contributed by atoms with E-state index >= 15 is 0 Å². The summed E-state index contributed by atoms with van der Waals surface area (Å²) in [5, 5.41) is 14.5. The van der Waals surface area contributed by atoms with Crippen LogP contribution in [-0.2, 0) is 4.79 Å². The topological polar surface area (TPSA) is 131 Å². The summed E-state index contributed by atoms with van der Waals surface area (Å²) in [6, 6.07) is 17.1. The van der Waals surface area contributed by atoms with Crippen molar-refractivity contribution in [3.63, 3.8) is 0 Å². The first-order valence-electron chi connectivity index (χ1n) is 9.30. The van der Waals surface area contributed by atoms with E-state index in [1.165, 1.54) is 15.9 Å². The van der Waals surface area contributed by atoms with E-state index in [1.807, 2.05) is 6.07 Å². The maximum Gasteiger partial charge on any atom is 0.266 e. The summed E-state index contributed by atoms with van der Waals surface area (Å²) in [5.74, 6) is -1.04. The molecule has 4 rings (SSSR count). The lowest BCUT2D eigenvalue weighted by Crippen LogP contribution is -2.23. The zero-order chi connectivity index (χ0) is 22.7. The van der Waals surface area contributed by atoms with Gasteiger partial charge in [-0.25, -0.2) is 4.98 Å². The number of nitrogens with zero attached hydrogens (tertiary/aromatic N) is 3. The van der Waals surface area contributed by atoms with Gasteiger partial charge in [0.05, 0.1) is 39.5 Å². The molecule has 10 heteroatoms. The Morgan fingerprint density at radius 1 is 1.16 bits per heavy atom. The van der Waals surface area contributed by atoms with E-state index in [1.54, 1.807) is 60.0 Å². The number of hydrogen-bond donors (Lipinski definition) is 2. The molecule has 3 N–H and O–H groups in total. The standard InChI is InChI=1S/C22H15N5O3S2/c23-11-13-5-7-14(8-6-13)27-21(30)15-3-1-2-4-17(15)25-22(27)32-12-18(28)26-20-16(19(24)29)9-10-31-20/h1-10H,12H2,(H2,24,29)(H,26,28). The molecule has 158 valence electrons. The van der Waals surface area contributed by atoms with Crippen molar-refractivity contribution in [3.8, 4) is 11.8 Å². The van der Waals surface area contributed by atoms with Gasteiger partial charge in [0.25, 0.3) is 11.5 Å². The highest BCUT2D eigenvalue weighted by molar-refractivity contribution is 7.99. The number of primary amides is 1. The molecule has 0 saturated carbocycles. The number of benzene rings is 2. The van der Waals surface area contributed by atoms with Gasteiger partial charge in [-0.1, -0.05) is 23.9 Å². The predicted octanol–water partition coefficient (Wildman–Crippen LogP) is 3.15. The predicted molar refractivity (Wildman–Crippen MR) is 124 cm³/mol. The van der Waals surface area contributed by atoms with Gasteiger partial charge in [0.2, 0.25) is 5.91 Å². The number of amides is 2. The molecular formula is C22H15N5O3S2. The zero-order valence-electron chi connectivity index (χ0n) is 16.4. The molecule has 0 atom stereocenters. The number of carbonyl (C=O) groups is 2. The minimum atomic E-state index is -0.625. The molecule has 0 aliphatic heterocycles. The molecule has 2 heterocycles. The van der Waals surface area contributed by atoms with Crippen molar-refractivity contribution >= 4 is 50.8 Å². The molecule has 0 saturated heterocycles. The summed E-state index contributed by atoms with van der Waals surface area (Å²) in [6.45, 7) is 0. The lowest BCUT2D eigenvalue weighted by atomic mass is 10.2. The number of hydrogen-bond acceptors (Lipinski definition) is 7. The van der Waals surface area contributed by atoms with Crippen molar-refractivity contribution in [2.75, 3.05) is 11.1 Å². The van der Waals surface area contributed by atoms with Gasteiger partial charge in [-0.2, -0.15) is 5.26 Å². The van der Waals surface area contributed by atoms with Gasteiger partial charge in [0, 0.05) is 0 Å². The Balaban J connectivity index is 1.67. The maximum absolute atomic E-state index is 13.2. The Morgan fingerprint density at radius 3 is 2.62 bits per heavy atom. The molecule has 0 aliphatic carbocycles. The Kier molecular flexibility index (Phi) is 6.02. The van der Waals surface area contributed by atoms with Crippen LogP contribution in [0.5, 0.6) is 0 Å². The van der Waals surface area contributed by atoms with E-state index in [2.05, 4.69) is 10.3 Å². The molecule has 0 spiro atoms. The second-order valence-electron chi connectivity index (χ2n) is 6.58. The monoisotopic (exact) mass is 461 g/mol. The Bertz CT molecular complexity index is 1430. The SMILES string of the molecule is N#Cc1ccc(-n2c(SCC(=O)Nc3sccc3C(N)=O)nc3ccccc3c2=O)cc1. The van der Waals surface area contributed by atoms with Crippen molar-refractivity contribution in [3.05, 3.63) is 81.5 Å². The minimum Gasteiger partial charge on any atom is -0.366 e. The molecule has 2 amide bonds. The van der Waals surface area contributed by atoms with Gasteiger partial charge in [0.1, 0.15) is 5.00 Å². The number of aromatic nitrogens is 2. The lowest BCUT2D eigenvalue weighted by Gasteiger charge is -2.13. The van der Waals surface area contributed by atoms with Crippen molar-refractivity contribution in [2.45, 2.75) is 5.16 Å². The van der Waals surface area contributed by atoms with Crippen molar-refractivity contribution in [1.29, 1.82) is 5.26 Å². The second-order valence-corrected chi connectivity index (χ2v) is 8.43. The van der Waals surface area contributed by atoms with Crippen LogP contribution in [0.3, 0.4) is 0 Å². The number of anilines is 1. The van der Waals surface area contributed by atoms with Crippen LogP contribution in [0.15, 0.2) is 69.9 Å². The highest BCUT2D eigenvalue weighted by Gasteiger charge is 2.17. The maximum atomic E-state index is 13.2. The molecule has 32 heavy (non-hydrogen) atoms. The van der Waals surface area contributed by atoms with E-state index in [9.17, 15) is 14.4 Å². The van der Waals surface area contributed by atoms with Crippen molar-refractivity contribution in [2.24, 2.45) is 5.73 Å². The molecule has 8 nitrogen and oxygen atoms in total. The summed E-state index contributed by atoms with van der Waals surface area (Å²) in [6.07, 6.45) is 0. The van der Waals surface area contributed by atoms with E-state index in [-0.39, 0.29) is 22.8 Å². The van der Waals surface area contributed by atoms with Gasteiger partial charge in [-0.15, -0.1) is 11.3 Å². The molecule has 2 aromatic carbocycles. The van der Waals surface area contributed by atoms with E-state index in [4.69, 9.17) is 11.0 Å². The Hall–Kier alpha value is -3.94. The van der Waals surface area contributed by atoms with Crippen molar-refractivity contribution < 1.29 is 9.59 Å². The molecule has 4 aromatic rings. The highest BCUT2D eigenvalue weighted by atomic mass is 32.2. The fraction of sp³-hybridized carbons (Fsp3) is 0.0455. The van der Waals surface area contributed by atoms with Crippen LogP contribution in [0.2, 0.25) is 0 Å². The number of nitriles is 1. The van der Waals surface area contributed by atoms with Crippen molar-refractivity contribution in [1.82, 2.24) is 9.55 Å². The number of nitrogens with two attached hydrogens (primary N) is 1. The van der Waals surface area contributed by atoms with Crippen LogP contribution in [0.25, 0.3) is 16.6 Å². The van der Waals surface area contributed by atoms with Crippen LogP contribution in [-0.4, -0.2) is 27.1 Å². The van der Waals surface area contributed by atoms with E-state index in [0.717, 1.165) is 11.8 Å². The third-order valence-corrected chi connectivity index (χ3v) is 6.28. The number of thiophene rings is 1.